The highest BCUT2D eigenvalue weighted by atomic mass is 35.5. The molecule has 7 nitrogen and oxygen atoms in total. The number of likely N-dealkylation sites (tertiary alicyclic amines) is 1. The standard InChI is InChI=1S/C28H31ClN4O3S/c1-36-23-8-6-22(7-9-23)31-14-16-33(17-15-31)28(35)25-19-37-27(30-25)20-10-12-32(13-11-20)26(34)18-21-4-2-3-5-24(21)29/h2-9,19-20H,10-18H2,1H3. The molecule has 2 aliphatic heterocycles. The molecule has 0 N–H and O–H groups in total. The molecule has 5 rings (SSSR count). The molecule has 0 saturated carbocycles. The van der Waals surface area contributed by atoms with Crippen molar-refractivity contribution >= 4 is 40.4 Å². The number of piperidine rings is 1. The van der Waals surface area contributed by atoms with Gasteiger partial charge in [-0.25, -0.2) is 4.98 Å². The van der Waals surface area contributed by atoms with Crippen LogP contribution in [-0.4, -0.2) is 73.0 Å². The Labute approximate surface area is 226 Å². The number of anilines is 1. The van der Waals surface area contributed by atoms with Gasteiger partial charge < -0.3 is 19.4 Å². The predicted octanol–water partition coefficient (Wildman–Crippen LogP) is 4.72. The van der Waals surface area contributed by atoms with Gasteiger partial charge in [0.1, 0.15) is 11.4 Å². The van der Waals surface area contributed by atoms with Crippen LogP contribution in [0.3, 0.4) is 0 Å². The lowest BCUT2D eigenvalue weighted by Crippen LogP contribution is -2.48. The Balaban J connectivity index is 1.11. The first-order valence-electron chi connectivity index (χ1n) is 12.7. The van der Waals surface area contributed by atoms with Crippen molar-refractivity contribution in [3.8, 4) is 5.75 Å². The average Bonchev–Trinajstić information content (AvgIpc) is 3.44. The van der Waals surface area contributed by atoms with Crippen LogP contribution in [-0.2, 0) is 11.2 Å². The number of aromatic nitrogens is 1. The van der Waals surface area contributed by atoms with E-state index in [0.29, 0.717) is 43.3 Å². The summed E-state index contributed by atoms with van der Waals surface area (Å²) in [6, 6.07) is 15.5. The van der Waals surface area contributed by atoms with E-state index >= 15 is 0 Å². The van der Waals surface area contributed by atoms with Gasteiger partial charge in [0.05, 0.1) is 18.5 Å². The maximum Gasteiger partial charge on any atom is 0.273 e. The summed E-state index contributed by atoms with van der Waals surface area (Å²) >= 11 is 7.79. The van der Waals surface area contributed by atoms with Gasteiger partial charge >= 0.3 is 0 Å². The van der Waals surface area contributed by atoms with Crippen LogP contribution in [0.15, 0.2) is 53.9 Å². The fraction of sp³-hybridized carbons (Fsp3) is 0.393. The van der Waals surface area contributed by atoms with Crippen molar-refractivity contribution in [2.24, 2.45) is 0 Å². The third kappa shape index (κ3) is 5.91. The second kappa shape index (κ2) is 11.5. The fourth-order valence-corrected chi connectivity index (χ4v) is 6.16. The Morgan fingerprint density at radius 2 is 1.68 bits per heavy atom. The number of nitrogens with zero attached hydrogens (tertiary/aromatic N) is 4. The molecular formula is C28H31ClN4O3S. The monoisotopic (exact) mass is 538 g/mol. The quantitative estimate of drug-likeness (QED) is 0.454. The largest absolute Gasteiger partial charge is 0.497 e. The number of benzene rings is 2. The molecule has 0 aliphatic carbocycles. The Morgan fingerprint density at radius 1 is 0.973 bits per heavy atom. The molecule has 2 fully saturated rings. The third-order valence-electron chi connectivity index (χ3n) is 7.24. The van der Waals surface area contributed by atoms with E-state index in [4.69, 9.17) is 21.3 Å². The van der Waals surface area contributed by atoms with Crippen molar-refractivity contribution in [1.82, 2.24) is 14.8 Å². The van der Waals surface area contributed by atoms with Gasteiger partial charge in [-0.3, -0.25) is 9.59 Å². The van der Waals surface area contributed by atoms with Crippen LogP contribution in [0, 0.1) is 0 Å². The molecule has 0 radical (unpaired) electrons. The molecule has 2 amide bonds. The van der Waals surface area contributed by atoms with Crippen molar-refractivity contribution < 1.29 is 14.3 Å². The van der Waals surface area contributed by atoms with E-state index in [0.717, 1.165) is 47.9 Å². The van der Waals surface area contributed by atoms with Crippen LogP contribution in [0.2, 0.25) is 5.02 Å². The normalized spacial score (nSPS) is 16.6. The van der Waals surface area contributed by atoms with Crippen LogP contribution in [0.25, 0.3) is 0 Å². The maximum absolute atomic E-state index is 13.1. The Bertz CT molecular complexity index is 1230. The molecule has 2 aliphatic rings. The van der Waals surface area contributed by atoms with Gasteiger partial charge in [-0.05, 0) is 48.7 Å². The molecule has 0 atom stereocenters. The summed E-state index contributed by atoms with van der Waals surface area (Å²) in [5.74, 6) is 1.23. The first kappa shape index (κ1) is 25.5. The predicted molar refractivity (Wildman–Crippen MR) is 147 cm³/mol. The average molecular weight is 539 g/mol. The highest BCUT2D eigenvalue weighted by Gasteiger charge is 2.28. The molecule has 37 heavy (non-hydrogen) atoms. The fourth-order valence-electron chi connectivity index (χ4n) is 4.99. The molecule has 3 heterocycles. The number of carbonyl (C=O) groups excluding carboxylic acids is 2. The van der Waals surface area contributed by atoms with Crippen molar-refractivity contribution in [3.05, 3.63) is 75.2 Å². The van der Waals surface area contributed by atoms with Gasteiger partial charge in [0, 0.05) is 61.3 Å². The number of carbonyl (C=O) groups is 2. The van der Waals surface area contributed by atoms with Crippen molar-refractivity contribution in [1.29, 1.82) is 0 Å². The molecule has 2 aromatic carbocycles. The van der Waals surface area contributed by atoms with E-state index in [1.165, 1.54) is 0 Å². The zero-order valence-electron chi connectivity index (χ0n) is 20.9. The molecule has 0 bridgehead atoms. The molecule has 2 saturated heterocycles. The van der Waals surface area contributed by atoms with Crippen LogP contribution >= 0.6 is 22.9 Å². The number of thiazole rings is 1. The molecule has 1 aromatic heterocycles. The van der Waals surface area contributed by atoms with Crippen LogP contribution in [0.1, 0.15) is 39.8 Å². The van der Waals surface area contributed by atoms with E-state index in [1.807, 2.05) is 51.6 Å². The van der Waals surface area contributed by atoms with E-state index in [1.54, 1.807) is 18.4 Å². The first-order chi connectivity index (χ1) is 18.0. The maximum atomic E-state index is 13.1. The highest BCUT2D eigenvalue weighted by Crippen LogP contribution is 2.31. The summed E-state index contributed by atoms with van der Waals surface area (Å²) < 4.78 is 5.24. The number of amides is 2. The molecular weight excluding hydrogens is 508 g/mol. The minimum Gasteiger partial charge on any atom is -0.497 e. The topological polar surface area (TPSA) is 66.0 Å². The SMILES string of the molecule is COc1ccc(N2CCN(C(=O)c3csc(C4CCN(C(=O)Cc5ccccc5Cl)CC4)n3)CC2)cc1. The van der Waals surface area contributed by atoms with E-state index < -0.39 is 0 Å². The number of rotatable bonds is 6. The molecule has 0 spiro atoms. The van der Waals surface area contributed by atoms with E-state index in [9.17, 15) is 9.59 Å². The number of halogens is 1. The van der Waals surface area contributed by atoms with Gasteiger partial charge in [0.25, 0.3) is 5.91 Å². The minimum absolute atomic E-state index is 0.00392. The molecule has 3 aromatic rings. The second-order valence-electron chi connectivity index (χ2n) is 9.47. The Hall–Kier alpha value is -3.10. The summed E-state index contributed by atoms with van der Waals surface area (Å²) in [5.41, 5.74) is 2.54. The highest BCUT2D eigenvalue weighted by molar-refractivity contribution is 7.09. The zero-order valence-corrected chi connectivity index (χ0v) is 22.5. The zero-order chi connectivity index (χ0) is 25.8. The van der Waals surface area contributed by atoms with Gasteiger partial charge in [-0.2, -0.15) is 0 Å². The summed E-state index contributed by atoms with van der Waals surface area (Å²) in [6.45, 7) is 4.31. The number of hydrogen-bond donors (Lipinski definition) is 0. The minimum atomic E-state index is 0.00392. The van der Waals surface area contributed by atoms with Crippen molar-refractivity contribution in [2.75, 3.05) is 51.3 Å². The number of methoxy groups -OCH3 is 1. The second-order valence-corrected chi connectivity index (χ2v) is 10.8. The van der Waals surface area contributed by atoms with Crippen LogP contribution in [0.5, 0.6) is 5.75 Å². The van der Waals surface area contributed by atoms with Gasteiger partial charge in [-0.15, -0.1) is 11.3 Å². The third-order valence-corrected chi connectivity index (χ3v) is 8.62. The van der Waals surface area contributed by atoms with Gasteiger partial charge in [0.2, 0.25) is 5.91 Å². The Morgan fingerprint density at radius 3 is 2.35 bits per heavy atom. The van der Waals surface area contributed by atoms with Gasteiger partial charge in [0.15, 0.2) is 0 Å². The van der Waals surface area contributed by atoms with Crippen LogP contribution < -0.4 is 9.64 Å². The van der Waals surface area contributed by atoms with E-state index in [2.05, 4.69) is 17.0 Å². The first-order valence-corrected chi connectivity index (χ1v) is 13.9. The summed E-state index contributed by atoms with van der Waals surface area (Å²) in [7, 11) is 1.66. The molecule has 0 unspecified atom stereocenters. The molecule has 9 heteroatoms. The summed E-state index contributed by atoms with van der Waals surface area (Å²) in [6.07, 6.45) is 2.04. The van der Waals surface area contributed by atoms with Crippen molar-refractivity contribution in [2.45, 2.75) is 25.2 Å². The number of ether oxygens (including phenoxy) is 1. The van der Waals surface area contributed by atoms with Crippen molar-refractivity contribution in [3.63, 3.8) is 0 Å². The molecule has 194 valence electrons. The lowest BCUT2D eigenvalue weighted by molar-refractivity contribution is -0.131. The lowest BCUT2D eigenvalue weighted by Gasteiger charge is -2.35. The number of hydrogen-bond acceptors (Lipinski definition) is 6. The summed E-state index contributed by atoms with van der Waals surface area (Å²) in [4.78, 5) is 36.7. The van der Waals surface area contributed by atoms with Gasteiger partial charge in [-0.1, -0.05) is 29.8 Å². The Kier molecular flexibility index (Phi) is 7.96. The summed E-state index contributed by atoms with van der Waals surface area (Å²) in [5, 5.41) is 3.52. The number of piperazine rings is 1. The smallest absolute Gasteiger partial charge is 0.273 e. The van der Waals surface area contributed by atoms with Crippen LogP contribution in [0.4, 0.5) is 5.69 Å². The van der Waals surface area contributed by atoms with E-state index in [-0.39, 0.29) is 17.7 Å². The lowest BCUT2D eigenvalue weighted by atomic mass is 9.97.